The van der Waals surface area contributed by atoms with Gasteiger partial charge in [-0.1, -0.05) is 13.8 Å². The quantitative estimate of drug-likeness (QED) is 0.660. The van der Waals surface area contributed by atoms with Gasteiger partial charge in [0.15, 0.2) is 0 Å². The average Bonchev–Trinajstić information content (AvgIpc) is 2.36. The highest BCUT2D eigenvalue weighted by molar-refractivity contribution is 4.84. The van der Waals surface area contributed by atoms with Crippen LogP contribution in [-0.2, 0) is 0 Å². The number of hydrogen-bond donors (Lipinski definition) is 0. The molecule has 15 heavy (non-hydrogen) atoms. The van der Waals surface area contributed by atoms with Gasteiger partial charge in [-0.15, -0.1) is 0 Å². The highest BCUT2D eigenvalue weighted by Crippen LogP contribution is 1.78. The Morgan fingerprint density at radius 3 is 1.47 bits per heavy atom. The fourth-order valence-corrected chi connectivity index (χ4v) is 0.627. The van der Waals surface area contributed by atoms with Gasteiger partial charge in [-0.25, -0.2) is 19.9 Å². The summed E-state index contributed by atoms with van der Waals surface area (Å²) in [7, 11) is 0. The molecule has 4 nitrogen and oxygen atoms in total. The second-order valence-corrected chi connectivity index (χ2v) is 2.20. The van der Waals surface area contributed by atoms with Crippen molar-refractivity contribution >= 4 is 0 Å². The lowest BCUT2D eigenvalue weighted by molar-refractivity contribution is 1.05. The van der Waals surface area contributed by atoms with Gasteiger partial charge in [-0.05, 0) is 19.1 Å². The van der Waals surface area contributed by atoms with Crippen molar-refractivity contribution in [1.29, 1.82) is 0 Å². The molecule has 2 rings (SSSR count). The van der Waals surface area contributed by atoms with Crippen LogP contribution in [-0.4, -0.2) is 19.9 Å². The molecule has 0 fully saturated rings. The Bertz CT molecular complexity index is 283. The summed E-state index contributed by atoms with van der Waals surface area (Å²) in [5.41, 5.74) is 0. The molecule has 0 aromatic carbocycles. The van der Waals surface area contributed by atoms with E-state index < -0.39 is 0 Å². The normalized spacial score (nSPS) is 7.67. The van der Waals surface area contributed by atoms with Crippen molar-refractivity contribution in [3.05, 3.63) is 49.1 Å². The van der Waals surface area contributed by atoms with Gasteiger partial charge in [0.1, 0.15) is 12.2 Å². The molecule has 0 unspecified atom stereocenters. The van der Waals surface area contributed by atoms with Crippen LogP contribution in [0.3, 0.4) is 0 Å². The molecule has 0 saturated heterocycles. The van der Waals surface area contributed by atoms with Crippen molar-refractivity contribution in [2.24, 2.45) is 0 Å². The molecule has 0 aliphatic heterocycles. The Morgan fingerprint density at radius 2 is 1.27 bits per heavy atom. The lowest BCUT2D eigenvalue weighted by Gasteiger charge is -1.81. The topological polar surface area (TPSA) is 51.6 Å². The van der Waals surface area contributed by atoms with Crippen molar-refractivity contribution < 1.29 is 0 Å². The van der Waals surface area contributed by atoms with E-state index in [4.69, 9.17) is 0 Å². The van der Waals surface area contributed by atoms with Crippen LogP contribution >= 0.6 is 0 Å². The predicted molar refractivity (Wildman–Crippen MR) is 60.1 cm³/mol. The maximum Gasteiger partial charge on any atom is 0.125 e. The van der Waals surface area contributed by atoms with E-state index in [1.807, 2.05) is 20.8 Å². The van der Waals surface area contributed by atoms with E-state index in [2.05, 4.69) is 19.9 Å². The Balaban J connectivity index is 0.000000227. The van der Waals surface area contributed by atoms with Crippen molar-refractivity contribution in [3.8, 4) is 0 Å². The summed E-state index contributed by atoms with van der Waals surface area (Å²) >= 11 is 0. The van der Waals surface area contributed by atoms with Crippen LogP contribution in [0.25, 0.3) is 0 Å². The van der Waals surface area contributed by atoms with Crippen LogP contribution in [0.15, 0.2) is 43.2 Å². The van der Waals surface area contributed by atoms with Gasteiger partial charge in [0, 0.05) is 24.8 Å². The lowest BCUT2D eigenvalue weighted by atomic mass is 10.6. The van der Waals surface area contributed by atoms with Gasteiger partial charge in [0.25, 0.3) is 0 Å². The van der Waals surface area contributed by atoms with E-state index in [-0.39, 0.29) is 0 Å². The van der Waals surface area contributed by atoms with Gasteiger partial charge < -0.3 is 0 Å². The molecule has 2 aromatic rings. The van der Waals surface area contributed by atoms with E-state index in [0.29, 0.717) is 0 Å². The molecule has 0 spiro atoms. The number of nitrogens with zero attached hydrogens (tertiary/aromatic N) is 4. The molecule has 0 aliphatic carbocycles. The maximum absolute atomic E-state index is 3.87. The van der Waals surface area contributed by atoms with Gasteiger partial charge in [0.2, 0.25) is 0 Å². The molecule has 0 bridgehead atoms. The molecule has 0 N–H and O–H groups in total. The molecular weight excluding hydrogens is 188 g/mol. The Morgan fingerprint density at radius 1 is 0.800 bits per heavy atom. The zero-order chi connectivity index (χ0) is 11.4. The maximum atomic E-state index is 3.87. The van der Waals surface area contributed by atoms with Crippen LogP contribution < -0.4 is 0 Å². The van der Waals surface area contributed by atoms with Gasteiger partial charge in [0.05, 0.1) is 0 Å². The number of aryl methyl sites for hydroxylation is 1. The summed E-state index contributed by atoms with van der Waals surface area (Å²) in [5.74, 6) is 0.822. The third-order valence-electron chi connectivity index (χ3n) is 1.17. The summed E-state index contributed by atoms with van der Waals surface area (Å²) in [4.78, 5) is 15.1. The summed E-state index contributed by atoms with van der Waals surface area (Å²) < 4.78 is 0. The molecule has 0 radical (unpaired) electrons. The van der Waals surface area contributed by atoms with Crippen LogP contribution in [0, 0.1) is 6.92 Å². The third kappa shape index (κ3) is 8.49. The smallest absolute Gasteiger partial charge is 0.125 e. The lowest BCUT2D eigenvalue weighted by Crippen LogP contribution is -1.80. The van der Waals surface area contributed by atoms with Crippen molar-refractivity contribution in [2.45, 2.75) is 20.8 Å². The van der Waals surface area contributed by atoms with Gasteiger partial charge in [-0.3, -0.25) is 0 Å². The Labute approximate surface area is 90.5 Å². The summed E-state index contributed by atoms with van der Waals surface area (Å²) in [6.07, 6.45) is 8.32. The van der Waals surface area contributed by atoms with E-state index in [1.165, 1.54) is 6.33 Å². The third-order valence-corrected chi connectivity index (χ3v) is 1.17. The molecule has 4 heteroatoms. The minimum Gasteiger partial charge on any atom is -0.245 e. The van der Waals surface area contributed by atoms with Gasteiger partial charge >= 0.3 is 0 Å². The van der Waals surface area contributed by atoms with Gasteiger partial charge in [-0.2, -0.15) is 0 Å². The fraction of sp³-hybridized carbons (Fsp3) is 0.273. The molecule has 80 valence electrons. The molecule has 0 amide bonds. The molecule has 0 aliphatic rings. The first kappa shape index (κ1) is 13.2. The first-order valence-electron chi connectivity index (χ1n) is 4.83. The van der Waals surface area contributed by atoms with Crippen molar-refractivity contribution in [2.75, 3.05) is 0 Å². The number of rotatable bonds is 0. The average molecular weight is 204 g/mol. The Kier molecular flexibility index (Phi) is 8.99. The van der Waals surface area contributed by atoms with Crippen molar-refractivity contribution in [1.82, 2.24) is 19.9 Å². The molecule has 0 atom stereocenters. The highest BCUT2D eigenvalue weighted by atomic mass is 14.8. The number of hydrogen-bond acceptors (Lipinski definition) is 4. The monoisotopic (exact) mass is 204 g/mol. The molecule has 0 saturated carbocycles. The van der Waals surface area contributed by atoms with Crippen LogP contribution in [0.5, 0.6) is 0 Å². The standard InChI is InChI=1S/C5H6N2.C4H4N2.C2H6/c1-5-6-3-2-4-7-5;1-2-5-4-6-3-1;1-2/h2-4H,1H3;1-4H;1-2H3. The van der Waals surface area contributed by atoms with E-state index in [1.54, 1.807) is 36.9 Å². The zero-order valence-corrected chi connectivity index (χ0v) is 9.33. The van der Waals surface area contributed by atoms with Crippen LogP contribution in [0.4, 0.5) is 0 Å². The molecule has 2 aromatic heterocycles. The zero-order valence-electron chi connectivity index (χ0n) is 9.33. The second-order valence-electron chi connectivity index (χ2n) is 2.20. The largest absolute Gasteiger partial charge is 0.245 e. The first-order chi connectivity index (χ1) is 7.39. The first-order valence-corrected chi connectivity index (χ1v) is 4.83. The van der Waals surface area contributed by atoms with E-state index >= 15 is 0 Å². The van der Waals surface area contributed by atoms with Crippen LogP contribution in [0.2, 0.25) is 0 Å². The number of aromatic nitrogens is 4. The van der Waals surface area contributed by atoms with Crippen LogP contribution in [0.1, 0.15) is 19.7 Å². The SMILES string of the molecule is CC.Cc1ncccn1.c1cncnc1. The minimum atomic E-state index is 0.822. The van der Waals surface area contributed by atoms with E-state index in [9.17, 15) is 0 Å². The van der Waals surface area contributed by atoms with Crippen molar-refractivity contribution in [3.63, 3.8) is 0 Å². The predicted octanol–water partition coefficient (Wildman–Crippen LogP) is 2.29. The molecular formula is C11H16N4. The van der Waals surface area contributed by atoms with E-state index in [0.717, 1.165) is 5.82 Å². The Hall–Kier alpha value is -1.84. The second kappa shape index (κ2) is 10.2. The summed E-state index contributed by atoms with van der Waals surface area (Å²) in [6.45, 7) is 5.86. The summed E-state index contributed by atoms with van der Waals surface area (Å²) in [6, 6.07) is 3.58. The minimum absolute atomic E-state index is 0.822. The summed E-state index contributed by atoms with van der Waals surface area (Å²) in [5, 5.41) is 0. The fourth-order valence-electron chi connectivity index (χ4n) is 0.627. The molecule has 2 heterocycles. The highest BCUT2D eigenvalue weighted by Gasteiger charge is 1.74.